The summed E-state index contributed by atoms with van der Waals surface area (Å²) in [5.41, 5.74) is 5.32. The van der Waals surface area contributed by atoms with Gasteiger partial charge >= 0.3 is 19.8 Å². The molecule has 0 amide bonds. The van der Waals surface area contributed by atoms with Crippen LogP contribution in [0.25, 0.3) is 0 Å². The van der Waals surface area contributed by atoms with Crippen molar-refractivity contribution < 1.29 is 37.6 Å². The monoisotopic (exact) mass is 687 g/mol. The molecule has 47 heavy (non-hydrogen) atoms. The Balaban J connectivity index is 4.25. The summed E-state index contributed by atoms with van der Waals surface area (Å²) in [6.07, 6.45) is 33.5. The van der Waals surface area contributed by atoms with Gasteiger partial charge in [0.05, 0.1) is 13.2 Å². The second kappa shape index (κ2) is 34.4. The Labute approximate surface area is 287 Å². The van der Waals surface area contributed by atoms with Gasteiger partial charge in [-0.15, -0.1) is 0 Å². The van der Waals surface area contributed by atoms with Crippen molar-refractivity contribution in [2.75, 3.05) is 26.4 Å². The van der Waals surface area contributed by atoms with Gasteiger partial charge in [-0.25, -0.2) is 4.57 Å². The first kappa shape index (κ1) is 45.5. The summed E-state index contributed by atoms with van der Waals surface area (Å²) in [5, 5.41) is 0. The molecule has 0 saturated heterocycles. The topological polar surface area (TPSA) is 134 Å². The second-order valence-corrected chi connectivity index (χ2v) is 13.9. The van der Waals surface area contributed by atoms with Crippen molar-refractivity contribution in [2.24, 2.45) is 5.73 Å². The third-order valence-electron chi connectivity index (χ3n) is 7.81. The van der Waals surface area contributed by atoms with E-state index in [0.717, 1.165) is 77.0 Å². The van der Waals surface area contributed by atoms with E-state index in [1.165, 1.54) is 57.8 Å². The van der Waals surface area contributed by atoms with Crippen molar-refractivity contribution in [3.63, 3.8) is 0 Å². The number of rotatable bonds is 35. The minimum Gasteiger partial charge on any atom is -0.462 e. The first-order valence-corrected chi connectivity index (χ1v) is 20.3. The Bertz CT molecular complexity index is 835. The normalized spacial score (nSPS) is 13.7. The number of phosphoric acid groups is 1. The van der Waals surface area contributed by atoms with Crippen LogP contribution < -0.4 is 5.73 Å². The number of carbonyl (C=O) groups is 2. The van der Waals surface area contributed by atoms with Crippen molar-refractivity contribution in [1.82, 2.24) is 0 Å². The zero-order valence-corrected chi connectivity index (χ0v) is 30.9. The van der Waals surface area contributed by atoms with E-state index >= 15 is 0 Å². The number of esters is 2. The van der Waals surface area contributed by atoms with Gasteiger partial charge in [0, 0.05) is 19.4 Å². The first-order chi connectivity index (χ1) is 22.8. The fourth-order valence-corrected chi connectivity index (χ4v) is 5.73. The van der Waals surface area contributed by atoms with Crippen molar-refractivity contribution in [3.8, 4) is 0 Å². The molecule has 0 aliphatic rings. The van der Waals surface area contributed by atoms with E-state index < -0.39 is 32.5 Å². The largest absolute Gasteiger partial charge is 0.472 e. The molecule has 276 valence electrons. The molecule has 0 fully saturated rings. The summed E-state index contributed by atoms with van der Waals surface area (Å²) in [6.45, 7) is 3.65. The Morgan fingerprint density at radius 3 is 1.57 bits per heavy atom. The number of carbonyl (C=O) groups excluding carboxylic acids is 2. The molecule has 0 aromatic rings. The molecule has 3 N–H and O–H groups in total. The highest BCUT2D eigenvalue weighted by atomic mass is 31.2. The van der Waals surface area contributed by atoms with Gasteiger partial charge in [0.2, 0.25) is 0 Å². The fourth-order valence-electron chi connectivity index (χ4n) is 4.96. The summed E-state index contributed by atoms with van der Waals surface area (Å²) in [6, 6.07) is 0. The maximum atomic E-state index is 12.5. The number of ether oxygens (including phenoxy) is 2. The highest BCUT2D eigenvalue weighted by Gasteiger charge is 2.25. The van der Waals surface area contributed by atoms with Crippen LogP contribution in [0.1, 0.15) is 168 Å². The lowest BCUT2D eigenvalue weighted by molar-refractivity contribution is -0.161. The summed E-state index contributed by atoms with van der Waals surface area (Å²) in [7, 11) is -4.37. The average Bonchev–Trinajstić information content (AvgIpc) is 3.05. The second-order valence-electron chi connectivity index (χ2n) is 12.4. The van der Waals surface area contributed by atoms with E-state index in [0.29, 0.717) is 6.42 Å². The van der Waals surface area contributed by atoms with Gasteiger partial charge in [-0.05, 0) is 57.8 Å². The molecule has 0 heterocycles. The molecule has 1 unspecified atom stereocenters. The Morgan fingerprint density at radius 2 is 1.06 bits per heavy atom. The van der Waals surface area contributed by atoms with Gasteiger partial charge in [-0.3, -0.25) is 18.6 Å². The maximum absolute atomic E-state index is 12.5. The van der Waals surface area contributed by atoms with Crippen molar-refractivity contribution >= 4 is 19.8 Å². The lowest BCUT2D eigenvalue weighted by Gasteiger charge is -2.19. The predicted molar refractivity (Wildman–Crippen MR) is 192 cm³/mol. The summed E-state index contributed by atoms with van der Waals surface area (Å²) >= 11 is 0. The predicted octanol–water partition coefficient (Wildman–Crippen LogP) is 10.0. The van der Waals surface area contributed by atoms with E-state index in [1.807, 2.05) is 0 Å². The molecule has 0 spiro atoms. The molecule has 0 aromatic carbocycles. The van der Waals surface area contributed by atoms with Crippen molar-refractivity contribution in [3.05, 3.63) is 24.3 Å². The van der Waals surface area contributed by atoms with E-state index in [-0.39, 0.29) is 32.6 Å². The number of nitrogens with two attached hydrogens (primary N) is 1. The van der Waals surface area contributed by atoms with Crippen LogP contribution in [-0.2, 0) is 32.7 Å². The molecule has 0 bridgehead atoms. The molecular weight excluding hydrogens is 617 g/mol. The summed E-state index contributed by atoms with van der Waals surface area (Å²) < 4.78 is 32.6. The lowest BCUT2D eigenvalue weighted by atomic mass is 10.1. The van der Waals surface area contributed by atoms with Crippen LogP contribution in [0.5, 0.6) is 0 Å². The lowest BCUT2D eigenvalue weighted by Crippen LogP contribution is -2.29. The van der Waals surface area contributed by atoms with E-state index in [4.69, 9.17) is 24.3 Å². The Kier molecular flexibility index (Phi) is 33.3. The summed E-state index contributed by atoms with van der Waals surface area (Å²) in [5.74, 6) is -0.850. The minimum atomic E-state index is -4.37. The van der Waals surface area contributed by atoms with Crippen LogP contribution in [0.4, 0.5) is 0 Å². The van der Waals surface area contributed by atoms with Crippen LogP contribution in [0.3, 0.4) is 0 Å². The maximum Gasteiger partial charge on any atom is 0.472 e. The number of phosphoric ester groups is 1. The molecule has 10 heteroatoms. The van der Waals surface area contributed by atoms with Gasteiger partial charge in [0.1, 0.15) is 6.61 Å². The van der Waals surface area contributed by atoms with Crippen LogP contribution in [0.2, 0.25) is 0 Å². The average molecular weight is 688 g/mol. The third-order valence-corrected chi connectivity index (χ3v) is 8.79. The van der Waals surface area contributed by atoms with E-state index in [2.05, 4.69) is 38.2 Å². The van der Waals surface area contributed by atoms with Gasteiger partial charge in [0.15, 0.2) is 6.10 Å². The van der Waals surface area contributed by atoms with Gasteiger partial charge in [-0.2, -0.15) is 0 Å². The first-order valence-electron chi connectivity index (χ1n) is 18.8. The number of hydrogen-bond donors (Lipinski definition) is 2. The molecular formula is C37H70NO8P. The highest BCUT2D eigenvalue weighted by molar-refractivity contribution is 7.47. The third kappa shape index (κ3) is 34.2. The van der Waals surface area contributed by atoms with Crippen LogP contribution in [0.15, 0.2) is 24.3 Å². The zero-order chi connectivity index (χ0) is 34.7. The van der Waals surface area contributed by atoms with Crippen LogP contribution in [-0.4, -0.2) is 49.3 Å². The van der Waals surface area contributed by atoms with Crippen LogP contribution in [0, 0.1) is 0 Å². The van der Waals surface area contributed by atoms with Crippen LogP contribution >= 0.6 is 7.82 Å². The molecule has 0 rings (SSSR count). The quantitative estimate of drug-likeness (QED) is 0.0289. The molecule has 0 radical (unpaired) electrons. The van der Waals surface area contributed by atoms with Crippen molar-refractivity contribution in [1.29, 1.82) is 0 Å². The number of allylic oxidation sites excluding steroid dienone is 4. The molecule has 0 aliphatic carbocycles. The van der Waals surface area contributed by atoms with E-state index in [1.54, 1.807) is 0 Å². The standard InChI is InChI=1S/C37H70NO8P/c1-3-5-7-9-11-13-15-16-17-18-20-22-24-26-28-30-37(40)46-35(34-45-47(41,42)44-32-31-38)33-43-36(39)29-27-25-23-21-19-14-12-10-8-6-4-2/h10,12,16-17,35H,3-9,11,13-15,18-34,38H2,1-2H3,(H,41,42)/b12-10-,17-16-/t35-/m1/s1. The molecule has 0 saturated carbocycles. The SMILES string of the molecule is CCCC/C=C\CCCCCCCC(=O)OC[C@H](COP(=O)(O)OCCN)OC(=O)CCCCCCC/C=C\CCCCCCCC. The number of unbranched alkanes of at least 4 members (excludes halogenated alkanes) is 18. The highest BCUT2D eigenvalue weighted by Crippen LogP contribution is 2.43. The molecule has 0 aromatic heterocycles. The molecule has 9 nitrogen and oxygen atoms in total. The minimum absolute atomic E-state index is 0.0516. The zero-order valence-electron chi connectivity index (χ0n) is 30.0. The summed E-state index contributed by atoms with van der Waals surface area (Å²) in [4.78, 5) is 34.6. The Hall–Kier alpha value is -1.51. The number of hydrogen-bond acceptors (Lipinski definition) is 8. The molecule has 0 aliphatic heterocycles. The van der Waals surface area contributed by atoms with Gasteiger partial charge in [0.25, 0.3) is 0 Å². The van der Waals surface area contributed by atoms with E-state index in [9.17, 15) is 19.0 Å². The molecule has 2 atom stereocenters. The van der Waals surface area contributed by atoms with Crippen molar-refractivity contribution in [2.45, 2.75) is 174 Å². The Morgan fingerprint density at radius 1 is 0.617 bits per heavy atom. The smallest absolute Gasteiger partial charge is 0.462 e. The van der Waals surface area contributed by atoms with Gasteiger partial charge < -0.3 is 20.1 Å². The van der Waals surface area contributed by atoms with Gasteiger partial charge in [-0.1, -0.05) is 122 Å². The fraction of sp³-hybridized carbons (Fsp3) is 0.838.